The first kappa shape index (κ1) is 19.4. The molecule has 1 amide bonds. The summed E-state index contributed by atoms with van der Waals surface area (Å²) in [7, 11) is -2.05. The Morgan fingerprint density at radius 1 is 1.16 bits per heavy atom. The van der Waals surface area contributed by atoms with Crippen LogP contribution in [0.3, 0.4) is 0 Å². The first-order valence-electron chi connectivity index (χ1n) is 7.55. The normalized spacial score (nSPS) is 11.1. The second-order valence-corrected chi connectivity index (χ2v) is 7.92. The minimum absolute atomic E-state index is 0.0266. The number of hydrogen-bond acceptors (Lipinski definition) is 4. The van der Waals surface area contributed by atoms with Gasteiger partial charge >= 0.3 is 0 Å². The second kappa shape index (κ2) is 8.98. The molecule has 0 unspecified atom stereocenters. The molecule has 0 bridgehead atoms. The van der Waals surface area contributed by atoms with E-state index < -0.39 is 10.0 Å². The third-order valence-corrected chi connectivity index (χ3v) is 5.33. The molecule has 0 saturated carbocycles. The van der Waals surface area contributed by atoms with Crippen molar-refractivity contribution in [3.05, 3.63) is 58.6 Å². The molecule has 0 fully saturated rings. The molecule has 134 valence electrons. The third-order valence-electron chi connectivity index (χ3n) is 3.37. The molecular weight excluding hydrogens is 408 g/mol. The quantitative estimate of drug-likeness (QED) is 0.678. The van der Waals surface area contributed by atoms with Crippen molar-refractivity contribution in [1.82, 2.24) is 10.0 Å². The molecule has 8 heteroatoms. The number of hydrogen-bond donors (Lipinski definition) is 2. The lowest BCUT2D eigenvalue weighted by molar-refractivity contribution is -0.121. The summed E-state index contributed by atoms with van der Waals surface area (Å²) in [5.74, 6) is 0.480. The zero-order valence-corrected chi connectivity index (χ0v) is 16.1. The lowest BCUT2D eigenvalue weighted by Gasteiger charge is -2.09. The van der Waals surface area contributed by atoms with Gasteiger partial charge in [0.25, 0.3) is 0 Å². The summed E-state index contributed by atoms with van der Waals surface area (Å²) in [5, 5.41) is 2.75. The number of ether oxygens (including phenoxy) is 1. The monoisotopic (exact) mass is 426 g/mol. The van der Waals surface area contributed by atoms with Crippen molar-refractivity contribution in [2.45, 2.75) is 17.9 Å². The molecule has 0 aliphatic heterocycles. The maximum Gasteiger partial charge on any atom is 0.240 e. The van der Waals surface area contributed by atoms with Gasteiger partial charge in [0.2, 0.25) is 15.9 Å². The van der Waals surface area contributed by atoms with E-state index in [1.807, 2.05) is 24.3 Å². The van der Waals surface area contributed by atoms with Gasteiger partial charge in [0.05, 0.1) is 12.0 Å². The number of halogens is 1. The van der Waals surface area contributed by atoms with Crippen LogP contribution in [0.15, 0.2) is 57.9 Å². The molecule has 0 saturated heterocycles. The molecule has 25 heavy (non-hydrogen) atoms. The van der Waals surface area contributed by atoms with Gasteiger partial charge in [-0.2, -0.15) is 0 Å². The molecule has 2 aromatic rings. The summed E-state index contributed by atoms with van der Waals surface area (Å²) in [6, 6.07) is 13.7. The zero-order valence-electron chi connectivity index (χ0n) is 13.7. The van der Waals surface area contributed by atoms with Crippen LogP contribution < -0.4 is 14.8 Å². The molecule has 0 heterocycles. The van der Waals surface area contributed by atoms with Gasteiger partial charge in [0, 0.05) is 24.0 Å². The van der Waals surface area contributed by atoms with Gasteiger partial charge < -0.3 is 10.1 Å². The van der Waals surface area contributed by atoms with Crippen LogP contribution in [-0.4, -0.2) is 28.0 Å². The summed E-state index contributed by atoms with van der Waals surface area (Å²) < 4.78 is 32.5. The van der Waals surface area contributed by atoms with Crippen LogP contribution in [-0.2, 0) is 21.4 Å². The average Bonchev–Trinajstić information content (AvgIpc) is 2.60. The molecule has 0 aromatic heterocycles. The fraction of sp³-hybridized carbons (Fsp3) is 0.235. The van der Waals surface area contributed by atoms with Crippen molar-refractivity contribution in [1.29, 1.82) is 0 Å². The standard InChI is InChI=1S/C17H19BrN2O4S/c1-24-15-6-2-4-13(10-15)12-19-17(21)8-9-20-25(22,23)16-7-3-5-14(18)11-16/h2-7,10-11,20H,8-9,12H2,1H3,(H,19,21). The molecule has 0 radical (unpaired) electrons. The van der Waals surface area contributed by atoms with Crippen LogP contribution in [0.4, 0.5) is 0 Å². The van der Waals surface area contributed by atoms with Gasteiger partial charge in [0.1, 0.15) is 5.75 Å². The number of rotatable bonds is 8. The predicted molar refractivity (Wildman–Crippen MR) is 98.8 cm³/mol. The Hall–Kier alpha value is -1.90. The highest BCUT2D eigenvalue weighted by molar-refractivity contribution is 9.10. The van der Waals surface area contributed by atoms with Crippen molar-refractivity contribution < 1.29 is 17.9 Å². The maximum absolute atomic E-state index is 12.1. The molecule has 2 rings (SSSR count). The van der Waals surface area contributed by atoms with Gasteiger partial charge in [-0.3, -0.25) is 4.79 Å². The number of methoxy groups -OCH3 is 1. The van der Waals surface area contributed by atoms with Crippen molar-refractivity contribution in [2.75, 3.05) is 13.7 Å². The van der Waals surface area contributed by atoms with E-state index in [2.05, 4.69) is 26.0 Å². The van der Waals surface area contributed by atoms with Crippen molar-refractivity contribution in [3.8, 4) is 5.75 Å². The highest BCUT2D eigenvalue weighted by atomic mass is 79.9. The van der Waals surface area contributed by atoms with Crippen LogP contribution in [0, 0.1) is 0 Å². The van der Waals surface area contributed by atoms with E-state index in [0.29, 0.717) is 16.8 Å². The third kappa shape index (κ3) is 6.15. The Morgan fingerprint density at radius 2 is 1.92 bits per heavy atom. The van der Waals surface area contributed by atoms with Crippen LogP contribution in [0.1, 0.15) is 12.0 Å². The first-order chi connectivity index (χ1) is 11.9. The average molecular weight is 427 g/mol. The maximum atomic E-state index is 12.1. The summed E-state index contributed by atoms with van der Waals surface area (Å²) in [6.45, 7) is 0.382. The number of amides is 1. The first-order valence-corrected chi connectivity index (χ1v) is 9.83. The Morgan fingerprint density at radius 3 is 2.64 bits per heavy atom. The number of sulfonamides is 1. The molecule has 0 atom stereocenters. The fourth-order valence-corrected chi connectivity index (χ4v) is 3.72. The molecule has 6 nitrogen and oxygen atoms in total. The summed E-state index contributed by atoms with van der Waals surface area (Å²) in [6.07, 6.45) is 0.0528. The van der Waals surface area contributed by atoms with E-state index in [9.17, 15) is 13.2 Å². The van der Waals surface area contributed by atoms with Crippen molar-refractivity contribution in [2.24, 2.45) is 0 Å². The number of carbonyl (C=O) groups excluding carboxylic acids is 1. The SMILES string of the molecule is COc1cccc(CNC(=O)CCNS(=O)(=O)c2cccc(Br)c2)c1. The van der Waals surface area contributed by atoms with E-state index >= 15 is 0 Å². The van der Waals surface area contributed by atoms with Gasteiger partial charge in [-0.05, 0) is 35.9 Å². The van der Waals surface area contributed by atoms with Crippen LogP contribution >= 0.6 is 15.9 Å². The molecule has 0 spiro atoms. The van der Waals surface area contributed by atoms with E-state index in [1.165, 1.54) is 12.1 Å². The van der Waals surface area contributed by atoms with E-state index in [-0.39, 0.29) is 23.8 Å². The highest BCUT2D eigenvalue weighted by Crippen LogP contribution is 2.15. The van der Waals surface area contributed by atoms with E-state index in [4.69, 9.17) is 4.74 Å². The van der Waals surface area contributed by atoms with E-state index in [0.717, 1.165) is 5.56 Å². The number of carbonyl (C=O) groups is 1. The molecule has 0 aliphatic rings. The highest BCUT2D eigenvalue weighted by Gasteiger charge is 2.14. The Balaban J connectivity index is 1.80. The topological polar surface area (TPSA) is 84.5 Å². The van der Waals surface area contributed by atoms with Crippen LogP contribution in [0.25, 0.3) is 0 Å². The van der Waals surface area contributed by atoms with Gasteiger partial charge in [-0.25, -0.2) is 13.1 Å². The molecule has 2 aromatic carbocycles. The second-order valence-electron chi connectivity index (χ2n) is 5.23. The number of nitrogens with one attached hydrogen (secondary N) is 2. The molecular formula is C17H19BrN2O4S. The molecule has 2 N–H and O–H groups in total. The lowest BCUT2D eigenvalue weighted by Crippen LogP contribution is -2.30. The fourth-order valence-electron chi connectivity index (χ4n) is 2.09. The van der Waals surface area contributed by atoms with Crippen LogP contribution in [0.2, 0.25) is 0 Å². The predicted octanol–water partition coefficient (Wildman–Crippen LogP) is 2.44. The summed E-state index contributed by atoms with van der Waals surface area (Å²) in [4.78, 5) is 12.0. The smallest absolute Gasteiger partial charge is 0.240 e. The minimum Gasteiger partial charge on any atom is -0.497 e. The van der Waals surface area contributed by atoms with Crippen molar-refractivity contribution >= 4 is 31.9 Å². The number of benzene rings is 2. The largest absolute Gasteiger partial charge is 0.497 e. The summed E-state index contributed by atoms with van der Waals surface area (Å²) >= 11 is 3.23. The van der Waals surface area contributed by atoms with Crippen molar-refractivity contribution in [3.63, 3.8) is 0 Å². The van der Waals surface area contributed by atoms with Gasteiger partial charge in [0.15, 0.2) is 0 Å². The van der Waals surface area contributed by atoms with Gasteiger partial charge in [-0.15, -0.1) is 0 Å². The Kier molecular flexibility index (Phi) is 6.98. The lowest BCUT2D eigenvalue weighted by atomic mass is 10.2. The summed E-state index contributed by atoms with van der Waals surface area (Å²) in [5.41, 5.74) is 0.905. The van der Waals surface area contributed by atoms with E-state index in [1.54, 1.807) is 19.2 Å². The Labute approximate surface area is 155 Å². The van der Waals surface area contributed by atoms with Crippen LogP contribution in [0.5, 0.6) is 5.75 Å². The zero-order chi connectivity index (χ0) is 18.3. The minimum atomic E-state index is -3.63. The molecule has 0 aliphatic carbocycles. The Bertz CT molecular complexity index is 840. The van der Waals surface area contributed by atoms with Gasteiger partial charge in [-0.1, -0.05) is 34.1 Å².